The number of nitrogens with zero attached hydrogens (tertiary/aromatic N) is 1. The van der Waals surface area contributed by atoms with Crippen molar-refractivity contribution in [1.29, 1.82) is 0 Å². The number of unbranched alkanes of at least 4 members (excludes halogenated alkanes) is 2. The molecule has 5 nitrogen and oxygen atoms in total. The van der Waals surface area contributed by atoms with E-state index in [2.05, 4.69) is 10.2 Å². The van der Waals surface area contributed by atoms with Crippen molar-refractivity contribution in [2.45, 2.75) is 32.1 Å². The van der Waals surface area contributed by atoms with Crippen molar-refractivity contribution >= 4 is 17.8 Å². The topological polar surface area (TPSA) is 53.6 Å². The molecule has 6 heteroatoms. The average molecular weight is 250 g/mol. The molecule has 0 spiro atoms. The number of halogens is 1. The van der Waals surface area contributed by atoms with Gasteiger partial charge in [0.15, 0.2) is 0 Å². The van der Waals surface area contributed by atoms with Crippen LogP contribution in [0.2, 0.25) is 0 Å². The number of hydroxylamine groups is 2. The van der Waals surface area contributed by atoms with Gasteiger partial charge in [0.05, 0.1) is 13.2 Å². The van der Waals surface area contributed by atoms with Gasteiger partial charge >= 0.3 is 6.03 Å². The maximum Gasteiger partial charge on any atom is 0.341 e. The lowest BCUT2D eigenvalue weighted by molar-refractivity contribution is -0.139. The van der Waals surface area contributed by atoms with E-state index in [-0.39, 0.29) is 6.03 Å². The molecule has 2 amide bonds. The van der Waals surface area contributed by atoms with Crippen molar-refractivity contribution in [3.8, 4) is 0 Å². The molecule has 1 heterocycles. The van der Waals surface area contributed by atoms with Gasteiger partial charge in [0.2, 0.25) is 0 Å². The third-order valence-corrected chi connectivity index (χ3v) is 2.64. The van der Waals surface area contributed by atoms with Gasteiger partial charge in [-0.2, -0.15) is 0 Å². The molecule has 0 unspecified atom stereocenters. The predicted octanol–water partition coefficient (Wildman–Crippen LogP) is 1.64. The van der Waals surface area contributed by atoms with E-state index >= 15 is 0 Å². The van der Waals surface area contributed by atoms with Gasteiger partial charge in [-0.25, -0.2) is 14.7 Å². The van der Waals surface area contributed by atoms with Crippen LogP contribution >= 0.6 is 11.8 Å². The Hall–Kier alpha value is -0.520. The van der Waals surface area contributed by atoms with Crippen LogP contribution in [0.3, 0.4) is 0 Å². The molecular weight excluding hydrogens is 230 g/mol. The molecule has 0 radical (unpaired) electrons. The van der Waals surface area contributed by atoms with Gasteiger partial charge in [-0.3, -0.25) is 4.84 Å². The first-order valence-electron chi connectivity index (χ1n) is 5.86. The number of carbonyl (C=O) groups is 1. The average Bonchev–Trinajstić information content (AvgIpc) is 2.34. The number of nitrogens with one attached hydrogen (secondary N) is 2. The molecular formula is C10H20ClN3O2. The number of carbonyl (C=O) groups excluding carboxylic acids is 1. The van der Waals surface area contributed by atoms with Crippen LogP contribution in [-0.2, 0) is 4.84 Å². The Morgan fingerprint density at radius 2 is 2.06 bits per heavy atom. The standard InChI is InChI=1S/C10H20ClN3O2/c11-13-7-3-1-2-6-12-10(15)14-8-4-5-9-16-14/h13H,1-9H2,(H,12,15). The smallest absolute Gasteiger partial charge is 0.336 e. The lowest BCUT2D eigenvalue weighted by atomic mass is 10.2. The van der Waals surface area contributed by atoms with Crippen LogP contribution < -0.4 is 10.2 Å². The summed E-state index contributed by atoms with van der Waals surface area (Å²) < 4.78 is 0. The quantitative estimate of drug-likeness (QED) is 0.556. The molecule has 1 fully saturated rings. The molecule has 16 heavy (non-hydrogen) atoms. The summed E-state index contributed by atoms with van der Waals surface area (Å²) in [5, 5.41) is 4.26. The summed E-state index contributed by atoms with van der Waals surface area (Å²) in [7, 11) is 0. The van der Waals surface area contributed by atoms with Gasteiger partial charge in [0, 0.05) is 13.1 Å². The van der Waals surface area contributed by atoms with Crippen LogP contribution in [0.4, 0.5) is 4.79 Å². The van der Waals surface area contributed by atoms with Crippen LogP contribution in [-0.4, -0.2) is 37.3 Å². The summed E-state index contributed by atoms with van der Waals surface area (Å²) in [4.78, 5) is 19.3. The molecule has 0 bridgehead atoms. The molecule has 1 aliphatic heterocycles. The first-order valence-corrected chi connectivity index (χ1v) is 6.24. The van der Waals surface area contributed by atoms with E-state index in [1.54, 1.807) is 0 Å². The van der Waals surface area contributed by atoms with Gasteiger partial charge in [-0.05, 0) is 37.5 Å². The van der Waals surface area contributed by atoms with Crippen molar-refractivity contribution in [3.05, 3.63) is 0 Å². The van der Waals surface area contributed by atoms with Crippen molar-refractivity contribution in [2.24, 2.45) is 0 Å². The lowest BCUT2D eigenvalue weighted by Gasteiger charge is -2.25. The number of amides is 2. The van der Waals surface area contributed by atoms with Crippen molar-refractivity contribution in [3.63, 3.8) is 0 Å². The monoisotopic (exact) mass is 249 g/mol. The number of hydrogen-bond acceptors (Lipinski definition) is 3. The van der Waals surface area contributed by atoms with Gasteiger partial charge < -0.3 is 5.32 Å². The highest BCUT2D eigenvalue weighted by Crippen LogP contribution is 2.05. The number of urea groups is 1. The molecule has 0 saturated carbocycles. The van der Waals surface area contributed by atoms with Crippen molar-refractivity contribution in [2.75, 3.05) is 26.2 Å². The Balaban J connectivity index is 1.97. The normalized spacial score (nSPS) is 16.2. The molecule has 1 rings (SSSR count). The molecule has 1 saturated heterocycles. The summed E-state index contributed by atoms with van der Waals surface area (Å²) >= 11 is 5.32. The number of rotatable bonds is 6. The highest BCUT2D eigenvalue weighted by molar-refractivity contribution is 6.13. The Labute approximate surface area is 102 Å². The summed E-state index contributed by atoms with van der Waals surface area (Å²) in [5.41, 5.74) is 0. The fourth-order valence-electron chi connectivity index (χ4n) is 1.53. The third-order valence-electron chi connectivity index (χ3n) is 2.45. The SMILES string of the molecule is O=C(NCCCCCNCl)N1CCCCO1. The van der Waals surface area contributed by atoms with Crippen molar-refractivity contribution in [1.82, 2.24) is 15.2 Å². The van der Waals surface area contributed by atoms with Crippen LogP contribution in [0.1, 0.15) is 32.1 Å². The largest absolute Gasteiger partial charge is 0.341 e. The minimum Gasteiger partial charge on any atom is -0.336 e. The minimum atomic E-state index is -0.116. The van der Waals surface area contributed by atoms with Gasteiger partial charge in [0.1, 0.15) is 0 Å². The fourth-order valence-corrected chi connectivity index (χ4v) is 1.67. The van der Waals surface area contributed by atoms with Gasteiger partial charge in [-0.15, -0.1) is 0 Å². The highest BCUT2D eigenvalue weighted by Gasteiger charge is 2.16. The van der Waals surface area contributed by atoms with E-state index in [1.807, 2.05) is 0 Å². The second-order valence-corrected chi connectivity index (χ2v) is 4.09. The molecule has 0 aliphatic carbocycles. The second kappa shape index (κ2) is 8.61. The Kier molecular flexibility index (Phi) is 7.29. The van der Waals surface area contributed by atoms with Crippen LogP contribution in [0.5, 0.6) is 0 Å². The molecule has 0 aromatic carbocycles. The highest BCUT2D eigenvalue weighted by atomic mass is 35.5. The van der Waals surface area contributed by atoms with E-state index in [0.717, 1.165) is 38.6 Å². The van der Waals surface area contributed by atoms with Crippen LogP contribution in [0.25, 0.3) is 0 Å². The summed E-state index contributed by atoms with van der Waals surface area (Å²) in [6, 6.07) is -0.116. The molecule has 1 aliphatic rings. The zero-order valence-electron chi connectivity index (χ0n) is 9.51. The molecule has 94 valence electrons. The number of hydrogen-bond donors (Lipinski definition) is 2. The maximum atomic E-state index is 11.5. The summed E-state index contributed by atoms with van der Waals surface area (Å²) in [5.74, 6) is 0. The molecule has 0 aromatic rings. The van der Waals surface area contributed by atoms with Gasteiger partial charge in [0.25, 0.3) is 0 Å². The van der Waals surface area contributed by atoms with E-state index in [1.165, 1.54) is 5.06 Å². The summed E-state index contributed by atoms with van der Waals surface area (Å²) in [6.07, 6.45) is 5.11. The zero-order valence-corrected chi connectivity index (χ0v) is 10.3. The first kappa shape index (κ1) is 13.5. The summed E-state index contributed by atoms with van der Waals surface area (Å²) in [6.45, 7) is 2.85. The lowest BCUT2D eigenvalue weighted by Crippen LogP contribution is -2.43. The fraction of sp³-hybridized carbons (Fsp3) is 0.900. The van der Waals surface area contributed by atoms with E-state index in [0.29, 0.717) is 19.7 Å². The van der Waals surface area contributed by atoms with Gasteiger partial charge in [-0.1, -0.05) is 6.42 Å². The van der Waals surface area contributed by atoms with E-state index in [9.17, 15) is 4.79 Å². The van der Waals surface area contributed by atoms with Crippen LogP contribution in [0, 0.1) is 0 Å². The zero-order chi connectivity index (χ0) is 11.6. The molecule has 0 atom stereocenters. The van der Waals surface area contributed by atoms with E-state index < -0.39 is 0 Å². The Morgan fingerprint density at radius 1 is 1.25 bits per heavy atom. The Morgan fingerprint density at radius 3 is 2.75 bits per heavy atom. The molecule has 0 aromatic heterocycles. The molecule has 2 N–H and O–H groups in total. The second-order valence-electron chi connectivity index (χ2n) is 3.82. The van der Waals surface area contributed by atoms with E-state index in [4.69, 9.17) is 16.6 Å². The maximum absolute atomic E-state index is 11.5. The van der Waals surface area contributed by atoms with Crippen molar-refractivity contribution < 1.29 is 9.63 Å². The first-order chi connectivity index (χ1) is 7.84. The minimum absolute atomic E-state index is 0.116. The predicted molar refractivity (Wildman–Crippen MR) is 63.0 cm³/mol. The van der Waals surface area contributed by atoms with Crippen LogP contribution in [0.15, 0.2) is 0 Å². The Bertz CT molecular complexity index is 199. The third kappa shape index (κ3) is 5.53.